The fourth-order valence-electron chi connectivity index (χ4n) is 3.44. The van der Waals surface area contributed by atoms with Crippen molar-refractivity contribution in [3.8, 4) is 0 Å². The molecule has 0 atom stereocenters. The molecule has 1 fully saturated rings. The summed E-state index contributed by atoms with van der Waals surface area (Å²) in [4.78, 5) is 32.1. The lowest BCUT2D eigenvalue weighted by atomic mass is 10.0. The maximum Gasteiger partial charge on any atom is 0.253 e. The van der Waals surface area contributed by atoms with Gasteiger partial charge in [-0.1, -0.05) is 26.0 Å². The van der Waals surface area contributed by atoms with Gasteiger partial charge in [-0.3, -0.25) is 14.6 Å². The van der Waals surface area contributed by atoms with E-state index >= 15 is 0 Å². The molecule has 1 aromatic carbocycles. The first-order chi connectivity index (χ1) is 13.8. The topological polar surface area (TPSA) is 77.0 Å². The smallest absolute Gasteiger partial charge is 0.253 e. The highest BCUT2D eigenvalue weighted by molar-refractivity contribution is 5.94. The van der Waals surface area contributed by atoms with E-state index in [1.54, 1.807) is 26.0 Å². The predicted molar refractivity (Wildman–Crippen MR) is 117 cm³/mol. The Balaban J connectivity index is 1.78. The number of amides is 2. The molecule has 2 amide bonds. The number of benzene rings is 1. The molecule has 1 heterocycles. The molecule has 1 aliphatic heterocycles. The van der Waals surface area contributed by atoms with Crippen LogP contribution in [0.3, 0.4) is 0 Å². The third-order valence-corrected chi connectivity index (χ3v) is 5.15. The number of nitrogens with one attached hydrogen (secondary N) is 2. The second-order valence-corrected chi connectivity index (χ2v) is 8.05. The lowest BCUT2D eigenvalue weighted by Gasteiger charge is -2.34. The molecular formula is C22H35N5O2. The molecule has 1 aliphatic rings. The second-order valence-electron chi connectivity index (χ2n) is 8.05. The van der Waals surface area contributed by atoms with Gasteiger partial charge in [0.25, 0.3) is 5.91 Å². The molecule has 29 heavy (non-hydrogen) atoms. The van der Waals surface area contributed by atoms with E-state index in [1.807, 2.05) is 43.0 Å². The molecule has 0 radical (unpaired) electrons. The van der Waals surface area contributed by atoms with E-state index in [9.17, 15) is 9.59 Å². The first kappa shape index (κ1) is 22.7. The highest BCUT2D eigenvalue weighted by Gasteiger charge is 2.24. The van der Waals surface area contributed by atoms with Crippen LogP contribution in [0.5, 0.6) is 0 Å². The van der Waals surface area contributed by atoms with Crippen LogP contribution in [0, 0.1) is 5.92 Å². The van der Waals surface area contributed by atoms with E-state index in [2.05, 4.69) is 15.6 Å². The minimum atomic E-state index is 0.0135. The fraction of sp³-hybridized carbons (Fsp3) is 0.591. The monoisotopic (exact) mass is 401 g/mol. The average Bonchev–Trinajstić information content (AvgIpc) is 2.72. The number of nitrogens with zero attached hydrogens (tertiary/aromatic N) is 3. The number of guanidine groups is 1. The molecule has 2 rings (SSSR count). The number of rotatable bonds is 6. The highest BCUT2D eigenvalue weighted by atomic mass is 16.2. The van der Waals surface area contributed by atoms with Crippen LogP contribution in [0.4, 0.5) is 0 Å². The first-order valence-corrected chi connectivity index (χ1v) is 10.4. The largest absolute Gasteiger partial charge is 0.356 e. The molecule has 0 spiro atoms. The van der Waals surface area contributed by atoms with Gasteiger partial charge in [0.2, 0.25) is 5.91 Å². The Hall–Kier alpha value is -2.57. The van der Waals surface area contributed by atoms with Crippen LogP contribution in [0.25, 0.3) is 0 Å². The number of piperidine rings is 1. The maximum absolute atomic E-state index is 12.1. The van der Waals surface area contributed by atoms with Crippen molar-refractivity contribution in [2.45, 2.75) is 39.2 Å². The van der Waals surface area contributed by atoms with Gasteiger partial charge >= 0.3 is 0 Å². The van der Waals surface area contributed by atoms with Crippen molar-refractivity contribution in [3.63, 3.8) is 0 Å². The highest BCUT2D eigenvalue weighted by Crippen LogP contribution is 2.13. The van der Waals surface area contributed by atoms with Crippen molar-refractivity contribution >= 4 is 17.8 Å². The molecule has 1 saturated heterocycles. The number of carbonyl (C=O) groups is 2. The quantitative estimate of drug-likeness (QED) is 0.562. The normalized spacial score (nSPS) is 15.4. The lowest BCUT2D eigenvalue weighted by Crippen LogP contribution is -2.50. The number of hydrogen-bond donors (Lipinski definition) is 2. The second kappa shape index (κ2) is 10.8. The molecule has 2 N–H and O–H groups in total. The zero-order chi connectivity index (χ0) is 21.4. The molecule has 0 bridgehead atoms. The zero-order valence-corrected chi connectivity index (χ0v) is 18.4. The van der Waals surface area contributed by atoms with Crippen molar-refractivity contribution < 1.29 is 9.59 Å². The summed E-state index contributed by atoms with van der Waals surface area (Å²) >= 11 is 0. The maximum atomic E-state index is 12.1. The van der Waals surface area contributed by atoms with Gasteiger partial charge in [0.05, 0.1) is 0 Å². The average molecular weight is 402 g/mol. The van der Waals surface area contributed by atoms with Crippen molar-refractivity contribution in [2.24, 2.45) is 10.9 Å². The number of aliphatic imine (C=N–C) groups is 1. The van der Waals surface area contributed by atoms with E-state index in [0.717, 1.165) is 50.4 Å². The summed E-state index contributed by atoms with van der Waals surface area (Å²) in [5.74, 6) is 1.08. The summed E-state index contributed by atoms with van der Waals surface area (Å²) < 4.78 is 0. The van der Waals surface area contributed by atoms with Crippen LogP contribution in [0.2, 0.25) is 0 Å². The molecule has 0 unspecified atom stereocenters. The predicted octanol–water partition coefficient (Wildman–Crippen LogP) is 1.74. The van der Waals surface area contributed by atoms with Crippen LogP contribution in [-0.2, 0) is 11.2 Å². The van der Waals surface area contributed by atoms with E-state index in [-0.39, 0.29) is 17.7 Å². The Morgan fingerprint density at radius 2 is 1.93 bits per heavy atom. The van der Waals surface area contributed by atoms with Gasteiger partial charge in [-0.25, -0.2) is 0 Å². The standard InChI is InChI=1S/C22H35N5O2/c1-16(2)20(28)27-13-10-19(11-14-27)25-22(23-3)24-12-9-17-7-6-8-18(15-17)21(29)26(4)5/h6-8,15-16,19H,9-14H2,1-5H3,(H2,23,24,25). The molecule has 160 valence electrons. The third kappa shape index (κ3) is 6.76. The van der Waals surface area contributed by atoms with Gasteiger partial charge in [0, 0.05) is 58.3 Å². The SMILES string of the molecule is CN=C(NCCc1cccc(C(=O)N(C)C)c1)NC1CCN(C(=O)C(C)C)CC1. The van der Waals surface area contributed by atoms with Crippen LogP contribution >= 0.6 is 0 Å². The van der Waals surface area contributed by atoms with Crippen LogP contribution in [0.15, 0.2) is 29.3 Å². The molecule has 0 aromatic heterocycles. The Morgan fingerprint density at radius 1 is 1.24 bits per heavy atom. The van der Waals surface area contributed by atoms with Gasteiger partial charge in [0.1, 0.15) is 0 Å². The van der Waals surface area contributed by atoms with Crippen molar-refractivity contribution in [2.75, 3.05) is 40.8 Å². The first-order valence-electron chi connectivity index (χ1n) is 10.4. The van der Waals surface area contributed by atoms with Gasteiger partial charge in [0.15, 0.2) is 5.96 Å². The van der Waals surface area contributed by atoms with Gasteiger partial charge < -0.3 is 20.4 Å². The Bertz CT molecular complexity index is 722. The van der Waals surface area contributed by atoms with E-state index in [1.165, 1.54) is 0 Å². The van der Waals surface area contributed by atoms with Gasteiger partial charge in [-0.15, -0.1) is 0 Å². The van der Waals surface area contributed by atoms with Crippen LogP contribution in [-0.4, -0.2) is 74.4 Å². The Morgan fingerprint density at radius 3 is 2.52 bits per heavy atom. The minimum Gasteiger partial charge on any atom is -0.356 e. The molecule has 7 heteroatoms. The van der Waals surface area contributed by atoms with E-state index < -0.39 is 0 Å². The van der Waals surface area contributed by atoms with Crippen molar-refractivity contribution in [1.82, 2.24) is 20.4 Å². The summed E-state index contributed by atoms with van der Waals surface area (Å²) in [6.07, 6.45) is 2.65. The zero-order valence-electron chi connectivity index (χ0n) is 18.4. The molecule has 0 aliphatic carbocycles. The Labute approximate surface area is 174 Å². The van der Waals surface area contributed by atoms with Crippen LogP contribution in [0.1, 0.15) is 42.6 Å². The van der Waals surface area contributed by atoms with Gasteiger partial charge in [-0.2, -0.15) is 0 Å². The van der Waals surface area contributed by atoms with Gasteiger partial charge in [-0.05, 0) is 37.0 Å². The minimum absolute atomic E-state index is 0.0135. The van der Waals surface area contributed by atoms with Crippen molar-refractivity contribution in [3.05, 3.63) is 35.4 Å². The summed E-state index contributed by atoms with van der Waals surface area (Å²) in [6, 6.07) is 8.06. The summed E-state index contributed by atoms with van der Waals surface area (Å²) in [7, 11) is 5.29. The number of hydrogen-bond acceptors (Lipinski definition) is 3. The van der Waals surface area contributed by atoms with Crippen molar-refractivity contribution in [1.29, 1.82) is 0 Å². The fourth-order valence-corrected chi connectivity index (χ4v) is 3.44. The molecule has 0 saturated carbocycles. The number of carbonyl (C=O) groups excluding carboxylic acids is 2. The summed E-state index contributed by atoms with van der Waals surface area (Å²) in [6.45, 7) is 6.20. The van der Waals surface area contributed by atoms with Crippen LogP contribution < -0.4 is 10.6 Å². The lowest BCUT2D eigenvalue weighted by molar-refractivity contribution is -0.135. The molecular weight excluding hydrogens is 366 g/mol. The summed E-state index contributed by atoms with van der Waals surface area (Å²) in [5, 5.41) is 6.82. The summed E-state index contributed by atoms with van der Waals surface area (Å²) in [5.41, 5.74) is 1.82. The van der Waals surface area contributed by atoms with E-state index in [4.69, 9.17) is 0 Å². The van der Waals surface area contributed by atoms with E-state index in [0.29, 0.717) is 11.6 Å². The molecule has 1 aromatic rings. The molecule has 7 nitrogen and oxygen atoms in total. The number of likely N-dealkylation sites (tertiary alicyclic amines) is 1. The Kier molecular flexibility index (Phi) is 8.49. The third-order valence-electron chi connectivity index (χ3n) is 5.15.